The van der Waals surface area contributed by atoms with Crippen LogP contribution in [-0.4, -0.2) is 22.0 Å². The highest BCUT2D eigenvalue weighted by Gasteiger charge is 2.05. The molecule has 116 valence electrons. The molecule has 0 aliphatic carbocycles. The molecule has 1 heterocycles. The molecule has 1 aromatic carbocycles. The van der Waals surface area contributed by atoms with Gasteiger partial charge in [-0.1, -0.05) is 29.0 Å². The van der Waals surface area contributed by atoms with E-state index in [2.05, 4.69) is 9.77 Å². The molecule has 0 saturated heterocycles. The summed E-state index contributed by atoms with van der Waals surface area (Å²) in [4.78, 5) is 18.9. The number of hydrogen-bond acceptors (Lipinski definition) is 7. The summed E-state index contributed by atoms with van der Waals surface area (Å²) in [6.07, 6.45) is 2.47. The lowest BCUT2D eigenvalue weighted by atomic mass is 10.2. The van der Waals surface area contributed by atoms with Crippen LogP contribution in [-0.2, 0) is 16.1 Å². The summed E-state index contributed by atoms with van der Waals surface area (Å²) in [5.41, 5.74) is 9.08. The van der Waals surface area contributed by atoms with Crippen LogP contribution in [0.5, 0.6) is 0 Å². The van der Waals surface area contributed by atoms with E-state index in [4.69, 9.17) is 21.1 Å². The second kappa shape index (κ2) is 11.0. The lowest BCUT2D eigenvalue weighted by Gasteiger charge is -2.04. The van der Waals surface area contributed by atoms with Crippen molar-refractivity contribution in [3.8, 4) is 0 Å². The number of aromatic nitrogens is 1. The van der Waals surface area contributed by atoms with Crippen molar-refractivity contribution in [1.29, 1.82) is 10.8 Å². The zero-order valence-electron chi connectivity index (χ0n) is 11.8. The fourth-order valence-electron chi connectivity index (χ4n) is 1.41. The third-order valence-electron chi connectivity index (χ3n) is 2.30. The Morgan fingerprint density at radius 3 is 2.78 bits per heavy atom. The van der Waals surface area contributed by atoms with Crippen molar-refractivity contribution in [2.24, 2.45) is 0 Å². The van der Waals surface area contributed by atoms with Crippen LogP contribution in [0, 0.1) is 10.8 Å². The molecule has 1 aromatic heterocycles. The standard InChI is InChI=1S/C14H11N3O2S2.N2/c15-17-9-14(18)19-10-11-4-3-5-12(8-11)20-21-13-6-1-2-7-16-13;1-2/h1-9H,10H2;. The molecule has 0 N–H and O–H groups in total. The van der Waals surface area contributed by atoms with Gasteiger partial charge in [-0.05, 0) is 40.6 Å². The summed E-state index contributed by atoms with van der Waals surface area (Å²) >= 11 is 0. The number of carbonyl (C=O) groups excluding carboxylic acids is 1. The highest BCUT2D eigenvalue weighted by Crippen LogP contribution is 2.36. The normalized spacial score (nSPS) is 8.96. The number of esters is 1. The third kappa shape index (κ3) is 7.24. The fourth-order valence-corrected chi connectivity index (χ4v) is 3.32. The van der Waals surface area contributed by atoms with E-state index in [1.165, 1.54) is 0 Å². The molecule has 0 aliphatic heterocycles. The first kappa shape index (κ1) is 18.4. The van der Waals surface area contributed by atoms with E-state index in [0.717, 1.165) is 21.7 Å². The summed E-state index contributed by atoms with van der Waals surface area (Å²) < 4.78 is 4.91. The van der Waals surface area contributed by atoms with Gasteiger partial charge in [0, 0.05) is 21.9 Å². The van der Waals surface area contributed by atoms with Crippen LogP contribution >= 0.6 is 21.6 Å². The lowest BCUT2D eigenvalue weighted by Crippen LogP contribution is -2.05. The van der Waals surface area contributed by atoms with Gasteiger partial charge in [-0.2, -0.15) is 4.79 Å². The van der Waals surface area contributed by atoms with Crippen molar-refractivity contribution in [3.05, 3.63) is 59.8 Å². The summed E-state index contributed by atoms with van der Waals surface area (Å²) in [5.74, 6) is -0.682. The SMILES string of the molecule is N#N.[N-]=[N+]=CC(=O)OCc1cccc(SSc2ccccn2)c1. The van der Waals surface area contributed by atoms with E-state index < -0.39 is 5.97 Å². The summed E-state index contributed by atoms with van der Waals surface area (Å²) in [6.45, 7) is 0.132. The topological polar surface area (TPSA) is 123 Å². The van der Waals surface area contributed by atoms with Gasteiger partial charge in [0.2, 0.25) is 0 Å². The Labute approximate surface area is 140 Å². The molecule has 23 heavy (non-hydrogen) atoms. The van der Waals surface area contributed by atoms with Crippen molar-refractivity contribution in [3.63, 3.8) is 0 Å². The molecule has 0 atom stereocenters. The molecule has 0 spiro atoms. The number of nitrogens with zero attached hydrogens (tertiary/aromatic N) is 5. The first-order chi connectivity index (χ1) is 11.3. The van der Waals surface area contributed by atoms with Gasteiger partial charge in [0.15, 0.2) is 0 Å². The molecule has 0 amide bonds. The van der Waals surface area contributed by atoms with Crippen molar-refractivity contribution in [2.45, 2.75) is 16.5 Å². The van der Waals surface area contributed by atoms with E-state index in [1.807, 2.05) is 42.5 Å². The quantitative estimate of drug-likeness (QED) is 0.196. The number of benzene rings is 1. The molecule has 2 aromatic rings. The minimum absolute atomic E-state index is 0.132. The predicted octanol–water partition coefficient (Wildman–Crippen LogP) is 3.25. The Hall–Kier alpha value is -2.66. The average Bonchev–Trinajstić information content (AvgIpc) is 2.61. The molecule has 0 saturated carbocycles. The Balaban J connectivity index is 0.00000127. The average molecular weight is 345 g/mol. The van der Waals surface area contributed by atoms with Crippen molar-refractivity contribution in [1.82, 2.24) is 4.98 Å². The van der Waals surface area contributed by atoms with E-state index in [-0.39, 0.29) is 6.61 Å². The van der Waals surface area contributed by atoms with Crippen LogP contribution in [0.1, 0.15) is 5.56 Å². The first-order valence-electron chi connectivity index (χ1n) is 6.16. The number of rotatable bonds is 6. The Morgan fingerprint density at radius 1 is 1.26 bits per heavy atom. The van der Waals surface area contributed by atoms with E-state index in [0.29, 0.717) is 0 Å². The largest absolute Gasteiger partial charge is 0.452 e. The van der Waals surface area contributed by atoms with Crippen LogP contribution in [0.4, 0.5) is 0 Å². The highest BCUT2D eigenvalue weighted by molar-refractivity contribution is 8.76. The Bertz CT molecular complexity index is 703. The molecule has 9 heteroatoms. The Kier molecular flexibility index (Phi) is 8.78. The van der Waals surface area contributed by atoms with Crippen LogP contribution in [0.3, 0.4) is 0 Å². The molecule has 7 nitrogen and oxygen atoms in total. The van der Waals surface area contributed by atoms with Gasteiger partial charge < -0.3 is 10.3 Å². The molecule has 0 radical (unpaired) electrons. The maximum atomic E-state index is 11.1. The first-order valence-corrected chi connectivity index (χ1v) is 8.31. The van der Waals surface area contributed by atoms with Crippen molar-refractivity contribution < 1.29 is 14.3 Å². The second-order valence-electron chi connectivity index (χ2n) is 3.83. The molecule has 0 unspecified atom stereocenters. The van der Waals surface area contributed by atoms with Crippen molar-refractivity contribution >= 4 is 33.8 Å². The van der Waals surface area contributed by atoms with Gasteiger partial charge in [0.25, 0.3) is 0 Å². The monoisotopic (exact) mass is 345 g/mol. The molecular weight excluding hydrogens is 334 g/mol. The lowest BCUT2D eigenvalue weighted by molar-refractivity contribution is -0.140. The summed E-state index contributed by atoms with van der Waals surface area (Å²) in [5, 5.41) is 12.9. The van der Waals surface area contributed by atoms with Crippen LogP contribution < -0.4 is 0 Å². The maximum Gasteiger partial charge on any atom is 0.413 e. The summed E-state index contributed by atoms with van der Waals surface area (Å²) in [6, 6.07) is 13.4. The van der Waals surface area contributed by atoms with Gasteiger partial charge in [-0.3, -0.25) is 0 Å². The zero-order chi connectivity index (χ0) is 16.9. The van der Waals surface area contributed by atoms with E-state index in [9.17, 15) is 4.79 Å². The number of ether oxygens (including phenoxy) is 1. The van der Waals surface area contributed by atoms with Crippen molar-refractivity contribution in [2.75, 3.05) is 0 Å². The summed E-state index contributed by atoms with van der Waals surface area (Å²) in [7, 11) is 3.14. The van der Waals surface area contributed by atoms with Gasteiger partial charge in [0.1, 0.15) is 11.6 Å². The van der Waals surface area contributed by atoms with E-state index >= 15 is 0 Å². The molecule has 2 rings (SSSR count). The minimum atomic E-state index is -0.682. The van der Waals surface area contributed by atoms with Gasteiger partial charge in [0.05, 0.1) is 0 Å². The van der Waals surface area contributed by atoms with E-state index in [1.54, 1.807) is 27.8 Å². The van der Waals surface area contributed by atoms with Crippen LogP contribution in [0.15, 0.2) is 58.6 Å². The van der Waals surface area contributed by atoms with Crippen LogP contribution in [0.2, 0.25) is 0 Å². The number of pyridine rings is 1. The number of carbonyl (C=O) groups is 1. The molecule has 0 aliphatic rings. The predicted molar refractivity (Wildman–Crippen MR) is 85.3 cm³/mol. The maximum absolute atomic E-state index is 11.1. The molecular formula is C14H11N5O2S2. The fraction of sp³-hybridized carbons (Fsp3) is 0.0714. The van der Waals surface area contributed by atoms with Gasteiger partial charge >= 0.3 is 12.2 Å². The minimum Gasteiger partial charge on any atom is -0.452 e. The second-order valence-corrected chi connectivity index (χ2v) is 6.06. The number of hydrogen-bond donors (Lipinski definition) is 0. The van der Waals surface area contributed by atoms with Crippen LogP contribution in [0.25, 0.3) is 5.53 Å². The zero-order valence-corrected chi connectivity index (χ0v) is 13.4. The highest BCUT2D eigenvalue weighted by atomic mass is 33.1. The Morgan fingerprint density at radius 2 is 2.09 bits per heavy atom. The smallest absolute Gasteiger partial charge is 0.413 e. The van der Waals surface area contributed by atoms with Gasteiger partial charge in [-0.15, -0.1) is 0 Å². The third-order valence-corrected chi connectivity index (χ3v) is 4.59. The molecule has 0 bridgehead atoms. The molecule has 0 fully saturated rings. The van der Waals surface area contributed by atoms with Gasteiger partial charge in [-0.25, -0.2) is 9.78 Å².